The van der Waals surface area contributed by atoms with Gasteiger partial charge in [-0.2, -0.15) is 0 Å². The van der Waals surface area contributed by atoms with E-state index in [2.05, 4.69) is 45.1 Å². The van der Waals surface area contributed by atoms with Crippen LogP contribution < -0.4 is 5.32 Å². The van der Waals surface area contributed by atoms with Gasteiger partial charge in [-0.1, -0.05) is 13.8 Å². The largest absolute Gasteiger partial charge is 0.310 e. The molecule has 0 aromatic rings. The van der Waals surface area contributed by atoms with E-state index in [9.17, 15) is 0 Å². The summed E-state index contributed by atoms with van der Waals surface area (Å²) in [5.41, 5.74) is 0.565. The zero-order valence-corrected chi connectivity index (χ0v) is 10.4. The molecule has 84 valence electrons. The Morgan fingerprint density at radius 3 is 2.50 bits per heavy atom. The minimum absolute atomic E-state index is 0.565. The first-order chi connectivity index (χ1) is 6.39. The Balaban J connectivity index is 2.25. The quantitative estimate of drug-likeness (QED) is 0.744. The first-order valence-electron chi connectivity index (χ1n) is 5.80. The molecule has 2 atom stereocenters. The van der Waals surface area contributed by atoms with Crippen LogP contribution in [0.15, 0.2) is 0 Å². The van der Waals surface area contributed by atoms with Crippen LogP contribution in [-0.2, 0) is 0 Å². The van der Waals surface area contributed by atoms with Gasteiger partial charge in [-0.05, 0) is 45.7 Å². The van der Waals surface area contributed by atoms with Crippen LogP contribution in [0.25, 0.3) is 0 Å². The summed E-state index contributed by atoms with van der Waals surface area (Å²) in [6, 6.07) is 1.36. The summed E-state index contributed by atoms with van der Waals surface area (Å²) in [5, 5.41) is 3.72. The van der Waals surface area contributed by atoms with E-state index in [4.69, 9.17) is 0 Å². The number of nitrogens with zero attached hydrogens (tertiary/aromatic N) is 1. The first-order valence-corrected chi connectivity index (χ1v) is 5.80. The van der Waals surface area contributed by atoms with E-state index in [0.717, 1.165) is 12.6 Å². The van der Waals surface area contributed by atoms with Gasteiger partial charge in [0, 0.05) is 18.6 Å². The van der Waals surface area contributed by atoms with Gasteiger partial charge in [-0.25, -0.2) is 0 Å². The van der Waals surface area contributed by atoms with Crippen LogP contribution >= 0.6 is 0 Å². The third-order valence-electron chi connectivity index (χ3n) is 3.13. The van der Waals surface area contributed by atoms with Gasteiger partial charge in [0.15, 0.2) is 0 Å². The van der Waals surface area contributed by atoms with Gasteiger partial charge in [-0.3, -0.25) is 0 Å². The van der Waals surface area contributed by atoms with Crippen molar-refractivity contribution >= 4 is 0 Å². The molecular weight excluding hydrogens is 172 g/mol. The third-order valence-corrected chi connectivity index (χ3v) is 3.13. The summed E-state index contributed by atoms with van der Waals surface area (Å²) in [6.45, 7) is 8.18. The standard InChI is InChI=1S/C12H26N2/c1-10(9-14(4)5)13-11-6-7-12(2,3)8-11/h10-11,13H,6-9H2,1-5H3. The maximum Gasteiger partial charge on any atom is 0.0169 e. The summed E-state index contributed by atoms with van der Waals surface area (Å²) < 4.78 is 0. The summed E-state index contributed by atoms with van der Waals surface area (Å²) >= 11 is 0. The maximum atomic E-state index is 3.72. The van der Waals surface area contributed by atoms with Gasteiger partial charge in [0.1, 0.15) is 0 Å². The van der Waals surface area contributed by atoms with Crippen LogP contribution in [0.1, 0.15) is 40.0 Å². The fourth-order valence-corrected chi connectivity index (χ4v) is 2.58. The van der Waals surface area contributed by atoms with Crippen molar-refractivity contribution in [2.75, 3.05) is 20.6 Å². The fourth-order valence-electron chi connectivity index (χ4n) is 2.58. The molecule has 1 aliphatic carbocycles. The molecule has 0 aromatic carbocycles. The summed E-state index contributed by atoms with van der Waals surface area (Å²) in [7, 11) is 4.27. The molecule has 0 aromatic heterocycles. The van der Waals surface area contributed by atoms with Gasteiger partial charge in [0.2, 0.25) is 0 Å². The second-order valence-corrected chi connectivity index (χ2v) is 5.93. The monoisotopic (exact) mass is 198 g/mol. The summed E-state index contributed by atoms with van der Waals surface area (Å²) in [5.74, 6) is 0. The third kappa shape index (κ3) is 3.97. The number of hydrogen-bond donors (Lipinski definition) is 1. The number of rotatable bonds is 4. The summed E-state index contributed by atoms with van der Waals surface area (Å²) in [4.78, 5) is 2.25. The number of hydrogen-bond acceptors (Lipinski definition) is 2. The SMILES string of the molecule is CC(CN(C)C)NC1CCC(C)(C)C1. The minimum Gasteiger partial charge on any atom is -0.310 e. The van der Waals surface area contributed by atoms with Gasteiger partial charge < -0.3 is 10.2 Å². The van der Waals surface area contributed by atoms with Crippen LogP contribution in [-0.4, -0.2) is 37.6 Å². The van der Waals surface area contributed by atoms with Gasteiger partial charge >= 0.3 is 0 Å². The van der Waals surface area contributed by atoms with E-state index in [1.54, 1.807) is 0 Å². The molecule has 14 heavy (non-hydrogen) atoms. The van der Waals surface area contributed by atoms with Crippen LogP contribution in [0, 0.1) is 5.41 Å². The molecule has 2 nitrogen and oxygen atoms in total. The maximum absolute atomic E-state index is 3.72. The Labute approximate surface area is 89.1 Å². The van der Waals surface area contributed by atoms with E-state index in [0.29, 0.717) is 11.5 Å². The van der Waals surface area contributed by atoms with Crippen molar-refractivity contribution < 1.29 is 0 Å². The highest BCUT2D eigenvalue weighted by Gasteiger charge is 2.31. The Bertz CT molecular complexity index is 175. The molecule has 1 saturated carbocycles. The minimum atomic E-state index is 0.565. The van der Waals surface area contributed by atoms with Crippen molar-refractivity contribution in [2.45, 2.75) is 52.1 Å². The van der Waals surface area contributed by atoms with Crippen molar-refractivity contribution in [2.24, 2.45) is 5.41 Å². The highest BCUT2D eigenvalue weighted by atomic mass is 15.1. The highest BCUT2D eigenvalue weighted by molar-refractivity contribution is 4.87. The Kier molecular flexibility index (Phi) is 3.96. The lowest BCUT2D eigenvalue weighted by Crippen LogP contribution is -2.41. The molecule has 1 fully saturated rings. The van der Waals surface area contributed by atoms with E-state index in [-0.39, 0.29) is 0 Å². The Hall–Kier alpha value is -0.0800. The average molecular weight is 198 g/mol. The molecule has 0 bridgehead atoms. The zero-order valence-electron chi connectivity index (χ0n) is 10.4. The predicted octanol–water partition coefficient (Wildman–Crippen LogP) is 2.10. The van der Waals surface area contributed by atoms with Crippen molar-refractivity contribution in [1.29, 1.82) is 0 Å². The molecule has 0 aliphatic heterocycles. The average Bonchev–Trinajstić information content (AvgIpc) is 2.27. The molecule has 2 heteroatoms. The second kappa shape index (κ2) is 4.63. The molecule has 0 amide bonds. The zero-order chi connectivity index (χ0) is 10.8. The summed E-state index contributed by atoms with van der Waals surface area (Å²) in [6.07, 6.45) is 4.06. The molecule has 1 N–H and O–H groups in total. The highest BCUT2D eigenvalue weighted by Crippen LogP contribution is 2.36. The molecule has 2 unspecified atom stereocenters. The van der Waals surface area contributed by atoms with Crippen molar-refractivity contribution in [3.8, 4) is 0 Å². The topological polar surface area (TPSA) is 15.3 Å². The van der Waals surface area contributed by atoms with Crippen LogP contribution in [0.5, 0.6) is 0 Å². The van der Waals surface area contributed by atoms with Crippen LogP contribution in [0.2, 0.25) is 0 Å². The lowest BCUT2D eigenvalue weighted by atomic mass is 9.92. The van der Waals surface area contributed by atoms with Crippen LogP contribution in [0.3, 0.4) is 0 Å². The van der Waals surface area contributed by atoms with E-state index >= 15 is 0 Å². The van der Waals surface area contributed by atoms with Crippen molar-refractivity contribution in [1.82, 2.24) is 10.2 Å². The van der Waals surface area contributed by atoms with E-state index in [1.807, 2.05) is 0 Å². The van der Waals surface area contributed by atoms with Gasteiger partial charge in [0.25, 0.3) is 0 Å². The normalized spacial score (nSPS) is 28.3. The lowest BCUT2D eigenvalue weighted by molar-refractivity contribution is 0.313. The fraction of sp³-hybridized carbons (Fsp3) is 1.00. The van der Waals surface area contributed by atoms with E-state index in [1.165, 1.54) is 19.3 Å². The second-order valence-electron chi connectivity index (χ2n) is 5.93. The Morgan fingerprint density at radius 2 is 2.07 bits per heavy atom. The Morgan fingerprint density at radius 1 is 1.43 bits per heavy atom. The molecule has 0 radical (unpaired) electrons. The first kappa shape index (κ1) is 12.0. The van der Waals surface area contributed by atoms with Crippen molar-refractivity contribution in [3.05, 3.63) is 0 Å². The molecule has 1 rings (SSSR count). The van der Waals surface area contributed by atoms with Gasteiger partial charge in [-0.15, -0.1) is 0 Å². The molecule has 0 saturated heterocycles. The molecule has 0 heterocycles. The molecular formula is C12H26N2. The van der Waals surface area contributed by atoms with E-state index < -0.39 is 0 Å². The smallest absolute Gasteiger partial charge is 0.0169 e. The van der Waals surface area contributed by atoms with Gasteiger partial charge in [0.05, 0.1) is 0 Å². The number of likely N-dealkylation sites (N-methyl/N-ethyl adjacent to an activating group) is 1. The molecule has 0 spiro atoms. The lowest BCUT2D eigenvalue weighted by Gasteiger charge is -2.23. The molecule has 1 aliphatic rings. The van der Waals surface area contributed by atoms with Crippen LogP contribution in [0.4, 0.5) is 0 Å². The predicted molar refractivity (Wildman–Crippen MR) is 62.6 cm³/mol. The number of nitrogens with one attached hydrogen (secondary N) is 1. The van der Waals surface area contributed by atoms with Crippen molar-refractivity contribution in [3.63, 3.8) is 0 Å².